The Labute approximate surface area is 149 Å². The standard InChI is InChI=1S/C17H20BrN3O3/c1-2-21-13-8-7-10(18)9-12(13)14(17(21)24)20-16(23)15(22)19-11-5-3-4-6-11/h7-9,11,14H,2-6H2,1H3,(H,19,22)(H,20,23). The van der Waals surface area contributed by atoms with Crippen molar-refractivity contribution in [2.75, 3.05) is 11.4 Å². The van der Waals surface area contributed by atoms with Crippen LogP contribution in [-0.4, -0.2) is 30.3 Å². The molecule has 3 rings (SSSR count). The van der Waals surface area contributed by atoms with Gasteiger partial charge in [0.2, 0.25) is 0 Å². The summed E-state index contributed by atoms with van der Waals surface area (Å²) in [5.74, 6) is -1.64. The molecule has 1 aromatic carbocycles. The summed E-state index contributed by atoms with van der Waals surface area (Å²) in [6.07, 6.45) is 3.95. The van der Waals surface area contributed by atoms with Crippen molar-refractivity contribution >= 4 is 39.3 Å². The lowest BCUT2D eigenvalue weighted by Crippen LogP contribution is -2.46. The van der Waals surface area contributed by atoms with Crippen LogP contribution < -0.4 is 15.5 Å². The molecule has 0 spiro atoms. The number of carbonyl (C=O) groups is 3. The van der Waals surface area contributed by atoms with E-state index in [1.54, 1.807) is 4.90 Å². The van der Waals surface area contributed by atoms with Crippen LogP contribution >= 0.6 is 15.9 Å². The van der Waals surface area contributed by atoms with Crippen molar-refractivity contribution in [2.24, 2.45) is 0 Å². The molecule has 128 valence electrons. The Balaban J connectivity index is 1.74. The number of halogens is 1. The molecule has 0 aromatic heterocycles. The number of rotatable bonds is 3. The predicted molar refractivity (Wildman–Crippen MR) is 93.5 cm³/mol. The van der Waals surface area contributed by atoms with E-state index in [1.165, 1.54) is 0 Å². The number of likely N-dealkylation sites (N-methyl/N-ethyl adjacent to an activating group) is 1. The molecule has 7 heteroatoms. The number of hydrogen-bond donors (Lipinski definition) is 2. The smallest absolute Gasteiger partial charge is 0.310 e. The molecular formula is C17H20BrN3O3. The summed E-state index contributed by atoms with van der Waals surface area (Å²) >= 11 is 3.39. The minimum absolute atomic E-state index is 0.0658. The second-order valence-electron chi connectivity index (χ2n) is 6.15. The summed E-state index contributed by atoms with van der Waals surface area (Å²) in [5, 5.41) is 5.33. The number of nitrogens with zero attached hydrogens (tertiary/aromatic N) is 1. The SMILES string of the molecule is CCN1C(=O)C(NC(=O)C(=O)NC2CCCC2)c2cc(Br)ccc21. The molecule has 0 radical (unpaired) electrons. The molecule has 1 aliphatic carbocycles. The molecule has 2 aliphatic rings. The Morgan fingerprint density at radius 2 is 1.88 bits per heavy atom. The number of nitrogens with one attached hydrogen (secondary N) is 2. The van der Waals surface area contributed by atoms with E-state index in [-0.39, 0.29) is 11.9 Å². The van der Waals surface area contributed by atoms with Crippen LogP contribution in [0.15, 0.2) is 22.7 Å². The van der Waals surface area contributed by atoms with Crippen LogP contribution in [0.2, 0.25) is 0 Å². The number of hydrogen-bond acceptors (Lipinski definition) is 3. The van der Waals surface area contributed by atoms with Gasteiger partial charge in [-0.05, 0) is 38.0 Å². The first kappa shape index (κ1) is 17.0. The molecule has 1 unspecified atom stereocenters. The van der Waals surface area contributed by atoms with Crippen LogP contribution in [0, 0.1) is 0 Å². The van der Waals surface area contributed by atoms with Gasteiger partial charge in [0.1, 0.15) is 6.04 Å². The number of benzene rings is 1. The minimum atomic E-state index is -0.820. The van der Waals surface area contributed by atoms with Crippen LogP contribution in [0.5, 0.6) is 0 Å². The van der Waals surface area contributed by atoms with Gasteiger partial charge in [0.05, 0.1) is 0 Å². The molecule has 1 aliphatic heterocycles. The van der Waals surface area contributed by atoms with E-state index in [0.717, 1.165) is 35.8 Å². The van der Waals surface area contributed by atoms with E-state index in [0.29, 0.717) is 12.1 Å². The Bertz CT molecular complexity index is 686. The zero-order chi connectivity index (χ0) is 17.3. The van der Waals surface area contributed by atoms with Gasteiger partial charge in [-0.25, -0.2) is 0 Å². The number of fused-ring (bicyclic) bond motifs is 1. The van der Waals surface area contributed by atoms with Crippen molar-refractivity contribution in [3.05, 3.63) is 28.2 Å². The summed E-state index contributed by atoms with van der Waals surface area (Å²) in [5.41, 5.74) is 1.48. The van der Waals surface area contributed by atoms with E-state index >= 15 is 0 Å². The quantitative estimate of drug-likeness (QED) is 0.771. The fraction of sp³-hybridized carbons (Fsp3) is 0.471. The third-order valence-electron chi connectivity index (χ3n) is 4.59. The largest absolute Gasteiger partial charge is 0.345 e. The van der Waals surface area contributed by atoms with Gasteiger partial charge in [-0.2, -0.15) is 0 Å². The Morgan fingerprint density at radius 3 is 2.54 bits per heavy atom. The van der Waals surface area contributed by atoms with Crippen molar-refractivity contribution in [1.29, 1.82) is 0 Å². The van der Waals surface area contributed by atoms with Crippen LogP contribution in [0.3, 0.4) is 0 Å². The highest BCUT2D eigenvalue weighted by molar-refractivity contribution is 9.10. The normalized spacial score (nSPS) is 20.2. The van der Waals surface area contributed by atoms with Crippen LogP contribution in [0.25, 0.3) is 0 Å². The molecule has 0 bridgehead atoms. The first-order valence-electron chi connectivity index (χ1n) is 8.23. The van der Waals surface area contributed by atoms with E-state index in [9.17, 15) is 14.4 Å². The van der Waals surface area contributed by atoms with E-state index in [1.807, 2.05) is 25.1 Å². The molecule has 3 amide bonds. The fourth-order valence-electron chi connectivity index (χ4n) is 3.39. The molecule has 0 saturated heterocycles. The van der Waals surface area contributed by atoms with Gasteiger partial charge in [-0.15, -0.1) is 0 Å². The van der Waals surface area contributed by atoms with Gasteiger partial charge in [-0.3, -0.25) is 14.4 Å². The molecule has 1 fully saturated rings. The van der Waals surface area contributed by atoms with Crippen molar-refractivity contribution in [2.45, 2.75) is 44.7 Å². The Morgan fingerprint density at radius 1 is 1.21 bits per heavy atom. The lowest BCUT2D eigenvalue weighted by atomic mass is 10.1. The third kappa shape index (κ3) is 3.17. The van der Waals surface area contributed by atoms with Gasteiger partial charge in [0.25, 0.3) is 5.91 Å². The van der Waals surface area contributed by atoms with Crippen molar-refractivity contribution in [3.63, 3.8) is 0 Å². The lowest BCUT2D eigenvalue weighted by molar-refractivity contribution is -0.140. The van der Waals surface area contributed by atoms with Crippen molar-refractivity contribution in [1.82, 2.24) is 10.6 Å². The van der Waals surface area contributed by atoms with Crippen molar-refractivity contribution < 1.29 is 14.4 Å². The van der Waals surface area contributed by atoms with E-state index < -0.39 is 17.9 Å². The first-order valence-corrected chi connectivity index (χ1v) is 9.02. The monoisotopic (exact) mass is 393 g/mol. The van der Waals surface area contributed by atoms with Crippen LogP contribution in [-0.2, 0) is 14.4 Å². The summed E-state index contributed by atoms with van der Waals surface area (Å²) < 4.78 is 0.821. The molecular weight excluding hydrogens is 374 g/mol. The highest BCUT2D eigenvalue weighted by Gasteiger charge is 2.38. The molecule has 6 nitrogen and oxygen atoms in total. The first-order chi connectivity index (χ1) is 11.5. The van der Waals surface area contributed by atoms with E-state index in [2.05, 4.69) is 26.6 Å². The third-order valence-corrected chi connectivity index (χ3v) is 5.09. The van der Waals surface area contributed by atoms with Gasteiger partial charge in [-0.1, -0.05) is 28.8 Å². The Hall–Kier alpha value is -1.89. The molecule has 1 saturated carbocycles. The average molecular weight is 394 g/mol. The topological polar surface area (TPSA) is 78.5 Å². The molecule has 1 heterocycles. The number of anilines is 1. The Kier molecular flexibility index (Phi) is 4.89. The predicted octanol–water partition coefficient (Wildman–Crippen LogP) is 2.03. The summed E-state index contributed by atoms with van der Waals surface area (Å²) in [7, 11) is 0. The number of carbonyl (C=O) groups excluding carboxylic acids is 3. The minimum Gasteiger partial charge on any atom is -0.345 e. The zero-order valence-electron chi connectivity index (χ0n) is 13.5. The van der Waals surface area contributed by atoms with Gasteiger partial charge in [0, 0.05) is 28.3 Å². The molecule has 24 heavy (non-hydrogen) atoms. The van der Waals surface area contributed by atoms with Gasteiger partial charge in [0.15, 0.2) is 0 Å². The van der Waals surface area contributed by atoms with Gasteiger partial charge >= 0.3 is 11.8 Å². The van der Waals surface area contributed by atoms with E-state index in [4.69, 9.17) is 0 Å². The summed E-state index contributed by atoms with van der Waals surface area (Å²) in [4.78, 5) is 38.5. The molecule has 2 N–H and O–H groups in total. The maximum absolute atomic E-state index is 12.6. The summed E-state index contributed by atoms with van der Waals surface area (Å²) in [6.45, 7) is 2.38. The molecule has 1 aromatic rings. The average Bonchev–Trinajstić information content (AvgIpc) is 3.14. The second kappa shape index (κ2) is 6.93. The molecule has 1 atom stereocenters. The lowest BCUT2D eigenvalue weighted by Gasteiger charge is -2.16. The zero-order valence-corrected chi connectivity index (χ0v) is 15.1. The van der Waals surface area contributed by atoms with Crippen LogP contribution in [0.1, 0.15) is 44.2 Å². The fourth-order valence-corrected chi connectivity index (χ4v) is 3.77. The highest BCUT2D eigenvalue weighted by atomic mass is 79.9. The van der Waals surface area contributed by atoms with Crippen molar-refractivity contribution in [3.8, 4) is 0 Å². The highest BCUT2D eigenvalue weighted by Crippen LogP contribution is 2.37. The maximum Gasteiger partial charge on any atom is 0.310 e. The summed E-state index contributed by atoms with van der Waals surface area (Å²) in [6, 6.07) is 4.75. The second-order valence-corrected chi connectivity index (χ2v) is 7.06. The van der Waals surface area contributed by atoms with Crippen LogP contribution in [0.4, 0.5) is 5.69 Å². The maximum atomic E-state index is 12.6. The number of amides is 3. The van der Waals surface area contributed by atoms with Gasteiger partial charge < -0.3 is 15.5 Å².